The lowest BCUT2D eigenvalue weighted by molar-refractivity contribution is 0.0523. The largest absolute Gasteiger partial charge is 0.444 e. The molecule has 0 spiro atoms. The predicted molar refractivity (Wildman–Crippen MR) is 141 cm³/mol. The minimum atomic E-state index is -0.602. The van der Waals surface area contributed by atoms with Crippen LogP contribution in [0.2, 0.25) is 0 Å². The number of hydrogen-bond acceptors (Lipinski definition) is 6. The lowest BCUT2D eigenvalue weighted by atomic mass is 10.2. The van der Waals surface area contributed by atoms with E-state index in [1.165, 1.54) is 53.4 Å². The third-order valence-corrected chi connectivity index (χ3v) is 4.96. The molecule has 1 amide bonds. The normalized spacial score (nSPS) is 10.8. The highest BCUT2D eigenvalue weighted by Gasteiger charge is 2.22. The van der Waals surface area contributed by atoms with E-state index in [1.54, 1.807) is 45.0 Å². The quantitative estimate of drug-likeness (QED) is 0.377. The molecule has 0 radical (unpaired) electrons. The fourth-order valence-electron chi connectivity index (χ4n) is 2.83. The summed E-state index contributed by atoms with van der Waals surface area (Å²) in [6, 6.07) is 17.6. The Morgan fingerprint density at radius 2 is 1.25 bits per heavy atom. The molecule has 0 heterocycles. The van der Waals surface area contributed by atoms with Crippen molar-refractivity contribution in [1.82, 2.24) is 5.32 Å². The number of carbonyl (C=O) groups is 1. The summed E-state index contributed by atoms with van der Waals surface area (Å²) in [6.45, 7) is 5.58. The first-order valence-electron chi connectivity index (χ1n) is 10.8. The molecule has 10 heteroatoms. The maximum absolute atomic E-state index is 13.3. The van der Waals surface area contributed by atoms with Crippen molar-refractivity contribution in [3.63, 3.8) is 0 Å². The van der Waals surface area contributed by atoms with Gasteiger partial charge in [0.05, 0.1) is 5.69 Å². The summed E-state index contributed by atoms with van der Waals surface area (Å²) >= 11 is 10.9. The van der Waals surface area contributed by atoms with Crippen LogP contribution in [0, 0.1) is 11.6 Å². The van der Waals surface area contributed by atoms with Gasteiger partial charge < -0.3 is 19.5 Å². The Kier molecular flexibility index (Phi) is 8.89. The summed E-state index contributed by atoms with van der Waals surface area (Å²) in [5.74, 6) is -0.241. The van der Waals surface area contributed by atoms with E-state index >= 15 is 0 Å². The third-order valence-electron chi connectivity index (χ3n) is 4.43. The zero-order valence-corrected chi connectivity index (χ0v) is 21.4. The van der Waals surface area contributed by atoms with Crippen LogP contribution < -0.4 is 19.7 Å². The number of alkyl carbamates (subject to hydrolysis) is 1. The molecular weight excluding hydrogens is 506 g/mol. The molecule has 6 nitrogen and oxygen atoms in total. The molecule has 3 aromatic rings. The smallest absolute Gasteiger partial charge is 0.407 e. The van der Waals surface area contributed by atoms with Gasteiger partial charge in [-0.25, -0.2) is 18.5 Å². The standard InChI is InChI=1S/C26H24F2N2O4S2/c1-26(2,3)34-23(31)29-16-17-4-10-20(11-5-17)30(24(35)32-21-12-6-18(27)7-13-21)25(36)33-22-14-8-19(28)9-15-22/h4-15H,16H2,1-3H3,(H,29,31). The molecule has 0 saturated carbocycles. The van der Waals surface area contributed by atoms with Gasteiger partial charge >= 0.3 is 6.09 Å². The molecule has 0 unspecified atom stereocenters. The Bertz CT molecular complexity index is 1150. The van der Waals surface area contributed by atoms with Gasteiger partial charge in [0.25, 0.3) is 10.3 Å². The van der Waals surface area contributed by atoms with Crippen LogP contribution in [0.5, 0.6) is 11.5 Å². The molecular formula is C26H24F2N2O4S2. The zero-order valence-electron chi connectivity index (χ0n) is 19.8. The number of ether oxygens (including phenoxy) is 3. The molecule has 0 atom stereocenters. The second kappa shape index (κ2) is 11.9. The highest BCUT2D eigenvalue weighted by Crippen LogP contribution is 2.22. The van der Waals surface area contributed by atoms with Crippen molar-refractivity contribution in [1.29, 1.82) is 0 Å². The summed E-state index contributed by atoms with van der Waals surface area (Å²) in [5.41, 5.74) is 0.699. The average Bonchev–Trinajstić information content (AvgIpc) is 2.80. The van der Waals surface area contributed by atoms with E-state index in [-0.39, 0.29) is 16.9 Å². The lowest BCUT2D eigenvalue weighted by Crippen LogP contribution is -2.40. The van der Waals surface area contributed by atoms with Crippen LogP contribution in [0.4, 0.5) is 19.3 Å². The van der Waals surface area contributed by atoms with E-state index in [2.05, 4.69) is 5.32 Å². The molecule has 188 valence electrons. The topological polar surface area (TPSA) is 60.0 Å². The van der Waals surface area contributed by atoms with Gasteiger partial charge in [-0.3, -0.25) is 0 Å². The Hall–Kier alpha value is -3.63. The van der Waals surface area contributed by atoms with Gasteiger partial charge in [0.1, 0.15) is 28.7 Å². The monoisotopic (exact) mass is 530 g/mol. The number of carbonyl (C=O) groups excluding carboxylic acids is 1. The van der Waals surface area contributed by atoms with Crippen molar-refractivity contribution < 1.29 is 27.8 Å². The minimum Gasteiger partial charge on any atom is -0.444 e. The predicted octanol–water partition coefficient (Wildman–Crippen LogP) is 6.52. The van der Waals surface area contributed by atoms with Gasteiger partial charge in [-0.05, 0) is 111 Å². The van der Waals surface area contributed by atoms with Crippen LogP contribution in [0.1, 0.15) is 26.3 Å². The maximum Gasteiger partial charge on any atom is 0.407 e. The third kappa shape index (κ3) is 8.24. The molecule has 0 saturated heterocycles. The van der Waals surface area contributed by atoms with Gasteiger partial charge in [0.15, 0.2) is 0 Å². The molecule has 36 heavy (non-hydrogen) atoms. The second-order valence-corrected chi connectivity index (χ2v) is 9.20. The SMILES string of the molecule is CC(C)(C)OC(=O)NCc1ccc(N(C(=S)Oc2ccc(F)cc2)C(=S)Oc2ccc(F)cc2)cc1. The molecule has 0 fully saturated rings. The first-order chi connectivity index (χ1) is 17.0. The average molecular weight is 531 g/mol. The molecule has 1 N–H and O–H groups in total. The van der Waals surface area contributed by atoms with Crippen LogP contribution >= 0.6 is 24.4 Å². The number of hydrogen-bond donors (Lipinski definition) is 1. The van der Waals surface area contributed by atoms with Crippen molar-refractivity contribution in [2.45, 2.75) is 32.9 Å². The molecule has 0 aromatic heterocycles. The highest BCUT2D eigenvalue weighted by atomic mass is 32.1. The second-order valence-electron chi connectivity index (χ2n) is 8.50. The first kappa shape index (κ1) is 27.0. The Morgan fingerprint density at radius 3 is 1.67 bits per heavy atom. The van der Waals surface area contributed by atoms with Crippen LogP contribution in [-0.2, 0) is 11.3 Å². The molecule has 0 aliphatic heterocycles. The van der Waals surface area contributed by atoms with Crippen molar-refractivity contribution in [3.05, 3.63) is 90.0 Å². The van der Waals surface area contributed by atoms with Gasteiger partial charge in [-0.1, -0.05) is 12.1 Å². The van der Waals surface area contributed by atoms with Crippen molar-refractivity contribution in [2.75, 3.05) is 4.90 Å². The number of nitrogens with zero attached hydrogens (tertiary/aromatic N) is 1. The summed E-state index contributed by atoms with van der Waals surface area (Å²) in [7, 11) is 0. The number of amides is 1. The van der Waals surface area contributed by atoms with Gasteiger partial charge in [0, 0.05) is 6.54 Å². The first-order valence-corrected chi connectivity index (χ1v) is 11.6. The fourth-order valence-corrected chi connectivity index (χ4v) is 3.46. The van der Waals surface area contributed by atoms with Crippen LogP contribution in [-0.4, -0.2) is 22.0 Å². The Morgan fingerprint density at radius 1 is 0.806 bits per heavy atom. The van der Waals surface area contributed by atoms with Crippen LogP contribution in [0.25, 0.3) is 0 Å². The minimum absolute atomic E-state index is 0.0756. The lowest BCUT2D eigenvalue weighted by Gasteiger charge is -2.25. The zero-order chi connectivity index (χ0) is 26.3. The van der Waals surface area contributed by atoms with Crippen molar-refractivity contribution >= 4 is 46.6 Å². The van der Waals surface area contributed by atoms with E-state index in [0.29, 0.717) is 17.2 Å². The fraction of sp³-hybridized carbons (Fsp3) is 0.192. The van der Waals surface area contributed by atoms with Crippen LogP contribution in [0.15, 0.2) is 72.8 Å². The maximum atomic E-state index is 13.3. The van der Waals surface area contributed by atoms with Crippen LogP contribution in [0.3, 0.4) is 0 Å². The Balaban J connectivity index is 1.78. The molecule has 0 aliphatic carbocycles. The summed E-state index contributed by atoms with van der Waals surface area (Å²) in [4.78, 5) is 13.3. The van der Waals surface area contributed by atoms with E-state index in [4.69, 9.17) is 38.6 Å². The van der Waals surface area contributed by atoms with Gasteiger partial charge in [0.2, 0.25) is 0 Å². The summed E-state index contributed by atoms with van der Waals surface area (Å²) in [5, 5.41) is 2.54. The Labute approximate surface area is 218 Å². The number of nitrogens with one attached hydrogen (secondary N) is 1. The number of benzene rings is 3. The molecule has 3 aromatic carbocycles. The molecule has 3 rings (SSSR count). The number of halogens is 2. The number of rotatable bonds is 5. The number of anilines is 1. The van der Waals surface area contributed by atoms with Gasteiger partial charge in [-0.15, -0.1) is 0 Å². The van der Waals surface area contributed by atoms with E-state index in [1.807, 2.05) is 0 Å². The highest BCUT2D eigenvalue weighted by molar-refractivity contribution is 7.82. The van der Waals surface area contributed by atoms with E-state index in [9.17, 15) is 13.6 Å². The molecule has 0 aliphatic rings. The molecule has 0 bridgehead atoms. The van der Waals surface area contributed by atoms with E-state index < -0.39 is 23.3 Å². The summed E-state index contributed by atoms with van der Waals surface area (Å²) < 4.78 is 43.2. The van der Waals surface area contributed by atoms with Gasteiger partial charge in [-0.2, -0.15) is 0 Å². The summed E-state index contributed by atoms with van der Waals surface area (Å²) in [6.07, 6.45) is -0.532. The van der Waals surface area contributed by atoms with E-state index in [0.717, 1.165) is 5.56 Å². The van der Waals surface area contributed by atoms with Crippen molar-refractivity contribution in [3.8, 4) is 11.5 Å². The van der Waals surface area contributed by atoms with Crippen molar-refractivity contribution in [2.24, 2.45) is 0 Å². The number of thiocarbonyl (C=S) groups is 2.